The van der Waals surface area contributed by atoms with Crippen molar-refractivity contribution in [2.45, 2.75) is 19.3 Å². The summed E-state index contributed by atoms with van der Waals surface area (Å²) in [5.41, 5.74) is 7.41. The first-order valence-electron chi connectivity index (χ1n) is 5.82. The number of hydrogen-bond donors (Lipinski definition) is 1. The number of anilines is 1. The minimum atomic E-state index is 0.451. The molecule has 0 unspecified atom stereocenters. The number of nitrogens with two attached hydrogens (primary N) is 1. The van der Waals surface area contributed by atoms with E-state index in [0.29, 0.717) is 5.41 Å². The summed E-state index contributed by atoms with van der Waals surface area (Å²) in [7, 11) is 2.11. The van der Waals surface area contributed by atoms with E-state index in [-0.39, 0.29) is 0 Å². The van der Waals surface area contributed by atoms with Crippen LogP contribution in [0.25, 0.3) is 0 Å². The number of hydrogen-bond acceptors (Lipinski definition) is 2. The van der Waals surface area contributed by atoms with Gasteiger partial charge in [0.2, 0.25) is 0 Å². The lowest BCUT2D eigenvalue weighted by Crippen LogP contribution is -2.25. The van der Waals surface area contributed by atoms with Crippen LogP contribution < -0.4 is 10.6 Å². The third-order valence-corrected chi connectivity index (χ3v) is 3.85. The number of nitrogens with zero attached hydrogens (tertiary/aromatic N) is 1. The van der Waals surface area contributed by atoms with Gasteiger partial charge >= 0.3 is 0 Å². The molecular weight excluding hydrogens is 220 g/mol. The summed E-state index contributed by atoms with van der Waals surface area (Å²) in [5, 5.41) is 0.796. The zero-order valence-electron chi connectivity index (χ0n) is 9.75. The normalized spacial score (nSPS) is 17.2. The first-order chi connectivity index (χ1) is 7.65. The van der Waals surface area contributed by atoms with Gasteiger partial charge in [-0.1, -0.05) is 17.7 Å². The molecule has 0 atom stereocenters. The topological polar surface area (TPSA) is 29.3 Å². The third-order valence-electron chi connectivity index (χ3n) is 3.62. The lowest BCUT2D eigenvalue weighted by atomic mass is 10.0. The van der Waals surface area contributed by atoms with Crippen molar-refractivity contribution in [1.82, 2.24) is 0 Å². The SMILES string of the molecule is CN(CCC1(CN)CC1)c1cccc(Cl)c1. The Morgan fingerprint density at radius 2 is 2.19 bits per heavy atom. The molecule has 1 fully saturated rings. The predicted octanol–water partition coefficient (Wildman–Crippen LogP) is 2.91. The molecule has 3 heteroatoms. The maximum Gasteiger partial charge on any atom is 0.0426 e. The van der Waals surface area contributed by atoms with Crippen molar-refractivity contribution in [3.63, 3.8) is 0 Å². The van der Waals surface area contributed by atoms with Crippen LogP contribution in [0.2, 0.25) is 5.02 Å². The second-order valence-electron chi connectivity index (χ2n) is 4.86. The second-order valence-corrected chi connectivity index (χ2v) is 5.29. The van der Waals surface area contributed by atoms with Crippen molar-refractivity contribution >= 4 is 17.3 Å². The number of rotatable bonds is 5. The van der Waals surface area contributed by atoms with Crippen LogP contribution in [-0.2, 0) is 0 Å². The molecule has 1 saturated carbocycles. The van der Waals surface area contributed by atoms with E-state index in [9.17, 15) is 0 Å². The molecule has 0 aromatic heterocycles. The molecule has 0 spiro atoms. The first-order valence-corrected chi connectivity index (χ1v) is 6.20. The van der Waals surface area contributed by atoms with Gasteiger partial charge in [-0.2, -0.15) is 0 Å². The monoisotopic (exact) mass is 238 g/mol. The summed E-state index contributed by atoms with van der Waals surface area (Å²) >= 11 is 5.97. The van der Waals surface area contributed by atoms with E-state index in [1.54, 1.807) is 0 Å². The molecular formula is C13H19ClN2. The van der Waals surface area contributed by atoms with Crippen LogP contribution in [0.4, 0.5) is 5.69 Å². The van der Waals surface area contributed by atoms with E-state index in [1.807, 2.05) is 18.2 Å². The van der Waals surface area contributed by atoms with Gasteiger partial charge in [-0.05, 0) is 49.4 Å². The molecule has 0 radical (unpaired) electrons. The van der Waals surface area contributed by atoms with E-state index < -0.39 is 0 Å². The van der Waals surface area contributed by atoms with Gasteiger partial charge in [-0.3, -0.25) is 0 Å². The van der Waals surface area contributed by atoms with Crippen molar-refractivity contribution in [2.75, 3.05) is 25.0 Å². The van der Waals surface area contributed by atoms with Crippen molar-refractivity contribution in [3.05, 3.63) is 29.3 Å². The Hall–Kier alpha value is -0.730. The molecule has 0 heterocycles. The fraction of sp³-hybridized carbons (Fsp3) is 0.538. The zero-order valence-corrected chi connectivity index (χ0v) is 10.5. The highest BCUT2D eigenvalue weighted by atomic mass is 35.5. The third kappa shape index (κ3) is 2.69. The quantitative estimate of drug-likeness (QED) is 0.855. The molecule has 0 bridgehead atoms. The summed E-state index contributed by atoms with van der Waals surface area (Å²) in [6.45, 7) is 1.88. The average molecular weight is 239 g/mol. The second kappa shape index (κ2) is 4.64. The maximum atomic E-state index is 5.97. The standard InChI is InChI=1S/C13H19ClN2/c1-16(8-7-13(10-15)5-6-13)12-4-2-3-11(14)9-12/h2-4,9H,5-8,10,15H2,1H3. The van der Waals surface area contributed by atoms with Crippen molar-refractivity contribution in [3.8, 4) is 0 Å². The summed E-state index contributed by atoms with van der Waals surface area (Å²) < 4.78 is 0. The van der Waals surface area contributed by atoms with Crippen molar-refractivity contribution < 1.29 is 0 Å². The number of halogens is 1. The Labute approximate surface area is 102 Å². The van der Waals surface area contributed by atoms with Crippen LogP contribution in [0.5, 0.6) is 0 Å². The highest BCUT2D eigenvalue weighted by molar-refractivity contribution is 6.30. The Kier molecular flexibility index (Phi) is 3.41. The summed E-state index contributed by atoms with van der Waals surface area (Å²) in [6.07, 6.45) is 3.78. The highest BCUT2D eigenvalue weighted by Gasteiger charge is 2.40. The van der Waals surface area contributed by atoms with Crippen LogP contribution in [-0.4, -0.2) is 20.1 Å². The first kappa shape index (κ1) is 11.7. The molecule has 0 amide bonds. The molecule has 0 aliphatic heterocycles. The van der Waals surface area contributed by atoms with Crippen LogP contribution in [0, 0.1) is 5.41 Å². The lowest BCUT2D eigenvalue weighted by molar-refractivity contribution is 0.481. The molecule has 88 valence electrons. The minimum Gasteiger partial charge on any atom is -0.375 e. The Morgan fingerprint density at radius 1 is 1.44 bits per heavy atom. The zero-order chi connectivity index (χ0) is 11.6. The van der Waals surface area contributed by atoms with E-state index in [1.165, 1.54) is 24.9 Å². The summed E-state index contributed by atoms with van der Waals surface area (Å²) in [6, 6.07) is 7.99. The molecule has 0 saturated heterocycles. The molecule has 1 aromatic carbocycles. The molecule has 2 N–H and O–H groups in total. The molecule has 16 heavy (non-hydrogen) atoms. The van der Waals surface area contributed by atoms with Gasteiger partial charge in [-0.25, -0.2) is 0 Å². The van der Waals surface area contributed by atoms with Gasteiger partial charge in [0, 0.05) is 24.3 Å². The van der Waals surface area contributed by atoms with E-state index >= 15 is 0 Å². The number of benzene rings is 1. The largest absolute Gasteiger partial charge is 0.375 e. The van der Waals surface area contributed by atoms with Crippen LogP contribution in [0.3, 0.4) is 0 Å². The van der Waals surface area contributed by atoms with Gasteiger partial charge in [0.1, 0.15) is 0 Å². The van der Waals surface area contributed by atoms with Crippen LogP contribution >= 0.6 is 11.6 Å². The van der Waals surface area contributed by atoms with Crippen molar-refractivity contribution in [2.24, 2.45) is 11.1 Å². The average Bonchev–Trinajstić information content (AvgIpc) is 3.07. The predicted molar refractivity (Wildman–Crippen MR) is 70.1 cm³/mol. The van der Waals surface area contributed by atoms with E-state index in [2.05, 4.69) is 18.0 Å². The fourth-order valence-electron chi connectivity index (χ4n) is 1.98. The smallest absolute Gasteiger partial charge is 0.0426 e. The Balaban J connectivity index is 1.90. The molecule has 1 aliphatic rings. The fourth-order valence-corrected chi connectivity index (χ4v) is 2.17. The summed E-state index contributed by atoms with van der Waals surface area (Å²) in [4.78, 5) is 2.25. The summed E-state index contributed by atoms with van der Waals surface area (Å²) in [5.74, 6) is 0. The molecule has 2 nitrogen and oxygen atoms in total. The van der Waals surface area contributed by atoms with Gasteiger partial charge in [0.15, 0.2) is 0 Å². The molecule has 1 aromatic rings. The highest BCUT2D eigenvalue weighted by Crippen LogP contribution is 2.47. The van der Waals surface area contributed by atoms with Crippen LogP contribution in [0.15, 0.2) is 24.3 Å². The van der Waals surface area contributed by atoms with Gasteiger partial charge in [0.25, 0.3) is 0 Å². The molecule has 1 aliphatic carbocycles. The van der Waals surface area contributed by atoms with E-state index in [0.717, 1.165) is 18.1 Å². The van der Waals surface area contributed by atoms with E-state index in [4.69, 9.17) is 17.3 Å². The Morgan fingerprint density at radius 3 is 2.75 bits per heavy atom. The van der Waals surface area contributed by atoms with Crippen LogP contribution in [0.1, 0.15) is 19.3 Å². The van der Waals surface area contributed by atoms with Crippen molar-refractivity contribution in [1.29, 1.82) is 0 Å². The Bertz CT molecular complexity index is 361. The maximum absolute atomic E-state index is 5.97. The van der Waals surface area contributed by atoms with Gasteiger partial charge < -0.3 is 10.6 Å². The lowest BCUT2D eigenvalue weighted by Gasteiger charge is -2.22. The van der Waals surface area contributed by atoms with Gasteiger partial charge in [-0.15, -0.1) is 0 Å². The minimum absolute atomic E-state index is 0.451. The van der Waals surface area contributed by atoms with Gasteiger partial charge in [0.05, 0.1) is 0 Å². The molecule has 2 rings (SSSR count).